The SMILES string of the molecule is CCc1nc(CNC(=O)NC(CC)CCO)cs1. The first-order valence-corrected chi connectivity index (χ1v) is 7.16. The Balaban J connectivity index is 2.31. The van der Waals surface area contributed by atoms with Gasteiger partial charge in [-0.15, -0.1) is 11.3 Å². The van der Waals surface area contributed by atoms with Crippen LogP contribution >= 0.6 is 11.3 Å². The molecule has 3 N–H and O–H groups in total. The molecule has 2 amide bonds. The number of aryl methyl sites for hydroxylation is 1. The molecule has 1 unspecified atom stereocenters. The van der Waals surface area contributed by atoms with Gasteiger partial charge in [-0.25, -0.2) is 9.78 Å². The first-order valence-electron chi connectivity index (χ1n) is 6.28. The number of aliphatic hydroxyl groups excluding tert-OH is 1. The minimum absolute atomic E-state index is 0.0247. The Morgan fingerprint density at radius 3 is 2.89 bits per heavy atom. The standard InChI is InChI=1S/C12H21N3O2S/c1-3-9(5-6-16)15-12(17)13-7-10-8-18-11(4-2)14-10/h8-9,16H,3-7H2,1-2H3,(H2,13,15,17). The zero-order valence-electron chi connectivity index (χ0n) is 10.9. The van der Waals surface area contributed by atoms with Crippen LogP contribution in [0.2, 0.25) is 0 Å². The highest BCUT2D eigenvalue weighted by Crippen LogP contribution is 2.09. The van der Waals surface area contributed by atoms with E-state index in [-0.39, 0.29) is 18.7 Å². The van der Waals surface area contributed by atoms with Crippen molar-refractivity contribution in [3.8, 4) is 0 Å². The third-order valence-electron chi connectivity index (χ3n) is 2.64. The van der Waals surface area contributed by atoms with Crippen LogP contribution in [0.1, 0.15) is 37.4 Å². The van der Waals surface area contributed by atoms with Crippen molar-refractivity contribution in [2.45, 2.75) is 45.7 Å². The number of aromatic nitrogens is 1. The number of amides is 2. The number of nitrogens with zero attached hydrogens (tertiary/aromatic N) is 1. The Labute approximate surface area is 112 Å². The van der Waals surface area contributed by atoms with E-state index >= 15 is 0 Å². The maximum atomic E-state index is 11.6. The van der Waals surface area contributed by atoms with Crippen LogP contribution in [0.15, 0.2) is 5.38 Å². The highest BCUT2D eigenvalue weighted by Gasteiger charge is 2.09. The van der Waals surface area contributed by atoms with Crippen molar-refractivity contribution < 1.29 is 9.90 Å². The number of carbonyl (C=O) groups excluding carboxylic acids is 1. The van der Waals surface area contributed by atoms with Gasteiger partial charge in [0.1, 0.15) is 0 Å². The Morgan fingerprint density at radius 1 is 1.56 bits per heavy atom. The molecule has 1 rings (SSSR count). The van der Waals surface area contributed by atoms with Crippen LogP contribution in [-0.4, -0.2) is 28.8 Å². The van der Waals surface area contributed by atoms with Gasteiger partial charge in [0.25, 0.3) is 0 Å². The lowest BCUT2D eigenvalue weighted by Gasteiger charge is -2.15. The van der Waals surface area contributed by atoms with E-state index in [2.05, 4.69) is 22.5 Å². The first kappa shape index (κ1) is 14.9. The Morgan fingerprint density at radius 2 is 2.33 bits per heavy atom. The molecule has 5 nitrogen and oxygen atoms in total. The average Bonchev–Trinajstić information content (AvgIpc) is 2.83. The van der Waals surface area contributed by atoms with Crippen molar-refractivity contribution in [3.63, 3.8) is 0 Å². The maximum absolute atomic E-state index is 11.6. The molecule has 0 fully saturated rings. The van der Waals surface area contributed by atoms with Gasteiger partial charge in [0.05, 0.1) is 17.2 Å². The van der Waals surface area contributed by atoms with Crippen LogP contribution in [0.4, 0.5) is 4.79 Å². The van der Waals surface area contributed by atoms with Gasteiger partial charge in [-0.2, -0.15) is 0 Å². The highest BCUT2D eigenvalue weighted by molar-refractivity contribution is 7.09. The molecular formula is C12H21N3O2S. The fourth-order valence-electron chi connectivity index (χ4n) is 1.53. The molecule has 0 bridgehead atoms. The molecule has 1 atom stereocenters. The lowest BCUT2D eigenvalue weighted by Crippen LogP contribution is -2.41. The van der Waals surface area contributed by atoms with Gasteiger partial charge in [-0.05, 0) is 19.3 Å². The van der Waals surface area contributed by atoms with Crippen LogP contribution < -0.4 is 10.6 Å². The first-order chi connectivity index (χ1) is 8.69. The van der Waals surface area contributed by atoms with Crippen molar-refractivity contribution in [1.29, 1.82) is 0 Å². The van der Waals surface area contributed by atoms with Crippen molar-refractivity contribution in [2.24, 2.45) is 0 Å². The van der Waals surface area contributed by atoms with Crippen molar-refractivity contribution in [2.75, 3.05) is 6.61 Å². The molecule has 0 saturated heterocycles. The largest absolute Gasteiger partial charge is 0.396 e. The van der Waals surface area contributed by atoms with E-state index in [0.717, 1.165) is 23.5 Å². The van der Waals surface area contributed by atoms with Gasteiger partial charge in [0.2, 0.25) is 0 Å². The van der Waals surface area contributed by atoms with Crippen LogP contribution in [0, 0.1) is 0 Å². The van der Waals surface area contributed by atoms with Crippen LogP contribution in [-0.2, 0) is 13.0 Å². The Bertz CT molecular complexity index is 368. The molecule has 1 aromatic heterocycles. The molecule has 0 saturated carbocycles. The van der Waals surface area contributed by atoms with Crippen molar-refractivity contribution in [3.05, 3.63) is 16.1 Å². The number of hydrogen-bond acceptors (Lipinski definition) is 4. The van der Waals surface area contributed by atoms with E-state index in [1.54, 1.807) is 11.3 Å². The summed E-state index contributed by atoms with van der Waals surface area (Å²) in [4.78, 5) is 16.0. The summed E-state index contributed by atoms with van der Waals surface area (Å²) < 4.78 is 0. The second kappa shape index (κ2) is 8.05. The molecule has 0 aliphatic rings. The zero-order valence-corrected chi connectivity index (χ0v) is 11.7. The van der Waals surface area contributed by atoms with Gasteiger partial charge in [0, 0.05) is 18.0 Å². The summed E-state index contributed by atoms with van der Waals surface area (Å²) in [6, 6.07) is -0.182. The number of hydrogen-bond donors (Lipinski definition) is 3. The number of urea groups is 1. The van der Waals surface area contributed by atoms with E-state index in [4.69, 9.17) is 5.11 Å². The summed E-state index contributed by atoms with van der Waals surface area (Å²) >= 11 is 1.61. The fraction of sp³-hybridized carbons (Fsp3) is 0.667. The number of aliphatic hydroxyl groups is 1. The van der Waals surface area contributed by atoms with E-state index < -0.39 is 0 Å². The smallest absolute Gasteiger partial charge is 0.315 e. The summed E-state index contributed by atoms with van der Waals surface area (Å²) in [6.45, 7) is 4.57. The minimum Gasteiger partial charge on any atom is -0.396 e. The second-order valence-electron chi connectivity index (χ2n) is 4.03. The van der Waals surface area contributed by atoms with Gasteiger partial charge in [0.15, 0.2) is 0 Å². The van der Waals surface area contributed by atoms with Gasteiger partial charge < -0.3 is 15.7 Å². The molecule has 0 radical (unpaired) electrons. The summed E-state index contributed by atoms with van der Waals surface area (Å²) in [5, 5.41) is 17.5. The van der Waals surface area contributed by atoms with Crippen molar-refractivity contribution in [1.82, 2.24) is 15.6 Å². The minimum atomic E-state index is -0.207. The molecule has 0 aliphatic heterocycles. The van der Waals surface area contributed by atoms with E-state index in [1.165, 1.54) is 0 Å². The van der Waals surface area contributed by atoms with Crippen LogP contribution in [0.3, 0.4) is 0 Å². The monoisotopic (exact) mass is 271 g/mol. The molecule has 1 heterocycles. The van der Waals surface area contributed by atoms with E-state index in [9.17, 15) is 4.79 Å². The lowest BCUT2D eigenvalue weighted by atomic mass is 10.2. The van der Waals surface area contributed by atoms with Crippen LogP contribution in [0.5, 0.6) is 0 Å². The normalized spacial score (nSPS) is 12.2. The maximum Gasteiger partial charge on any atom is 0.315 e. The zero-order chi connectivity index (χ0) is 13.4. The fourth-order valence-corrected chi connectivity index (χ4v) is 2.28. The molecule has 102 valence electrons. The van der Waals surface area contributed by atoms with Gasteiger partial charge in [-0.1, -0.05) is 13.8 Å². The molecule has 18 heavy (non-hydrogen) atoms. The summed E-state index contributed by atoms with van der Waals surface area (Å²) in [5.41, 5.74) is 0.891. The Kier molecular flexibility index (Phi) is 6.67. The van der Waals surface area contributed by atoms with E-state index in [1.807, 2.05) is 12.3 Å². The number of rotatable bonds is 7. The van der Waals surface area contributed by atoms with Gasteiger partial charge in [-0.3, -0.25) is 0 Å². The van der Waals surface area contributed by atoms with E-state index in [0.29, 0.717) is 13.0 Å². The molecule has 0 aromatic carbocycles. The molecule has 0 spiro atoms. The van der Waals surface area contributed by atoms with Crippen molar-refractivity contribution >= 4 is 17.4 Å². The predicted octanol–water partition coefficient (Wildman–Crippen LogP) is 1.67. The molecular weight excluding hydrogens is 250 g/mol. The molecule has 6 heteroatoms. The average molecular weight is 271 g/mol. The lowest BCUT2D eigenvalue weighted by molar-refractivity contribution is 0.227. The summed E-state index contributed by atoms with van der Waals surface area (Å²) in [6.07, 6.45) is 2.32. The molecule has 1 aromatic rings. The Hall–Kier alpha value is -1.14. The quantitative estimate of drug-likeness (QED) is 0.706. The molecule has 0 aliphatic carbocycles. The number of thiazole rings is 1. The van der Waals surface area contributed by atoms with Gasteiger partial charge >= 0.3 is 6.03 Å². The van der Waals surface area contributed by atoms with Crippen LogP contribution in [0.25, 0.3) is 0 Å². The topological polar surface area (TPSA) is 74.2 Å². The number of carbonyl (C=O) groups is 1. The number of nitrogens with one attached hydrogen (secondary N) is 2. The predicted molar refractivity (Wildman–Crippen MR) is 72.6 cm³/mol. The third kappa shape index (κ3) is 5.01. The highest BCUT2D eigenvalue weighted by atomic mass is 32.1. The third-order valence-corrected chi connectivity index (χ3v) is 3.68. The summed E-state index contributed by atoms with van der Waals surface area (Å²) in [7, 11) is 0. The second-order valence-corrected chi connectivity index (χ2v) is 4.97. The summed E-state index contributed by atoms with van der Waals surface area (Å²) in [5.74, 6) is 0.